The molecule has 29 heavy (non-hydrogen) atoms. The normalized spacial score (nSPS) is 10.4. The minimum atomic E-state index is -0.704. The number of aromatic nitrogens is 1. The number of hydrogen-bond donors (Lipinski definition) is 2. The van der Waals surface area contributed by atoms with Crippen LogP contribution < -0.4 is 10.9 Å². The number of nitrogens with one attached hydrogen (secondary N) is 2. The summed E-state index contributed by atoms with van der Waals surface area (Å²) in [4.78, 5) is 34.9. The topological polar surface area (TPSA) is 127 Å². The predicted octanol–water partition coefficient (Wildman–Crippen LogP) is 3.94. The van der Waals surface area contributed by atoms with Crippen LogP contribution in [0.3, 0.4) is 0 Å². The maximum atomic E-state index is 12.6. The first-order chi connectivity index (χ1) is 13.8. The summed E-state index contributed by atoms with van der Waals surface area (Å²) in [5.41, 5.74) is 4.93. The molecule has 3 aromatic rings. The second-order valence-electron chi connectivity index (χ2n) is 5.77. The molecule has 0 aliphatic heterocycles. The van der Waals surface area contributed by atoms with E-state index in [1.165, 1.54) is 31.2 Å². The molecule has 2 N–H and O–H groups in total. The van der Waals surface area contributed by atoms with Gasteiger partial charge in [-0.15, -0.1) is 0 Å². The summed E-state index contributed by atoms with van der Waals surface area (Å²) >= 11 is 12.4. The molecule has 11 heteroatoms. The monoisotopic (exact) mass is 434 g/mol. The molecular formula is C18H12Cl2N4O5. The molecule has 148 valence electrons. The lowest BCUT2D eigenvalue weighted by Gasteiger charge is -2.09. The molecule has 0 saturated heterocycles. The Hall–Kier alpha value is -3.43. The van der Waals surface area contributed by atoms with Crippen molar-refractivity contribution in [3.05, 3.63) is 79.5 Å². The number of rotatable bonds is 4. The van der Waals surface area contributed by atoms with Crippen molar-refractivity contribution in [2.24, 2.45) is 0 Å². The Kier molecular flexibility index (Phi) is 5.81. The van der Waals surface area contributed by atoms with Crippen molar-refractivity contribution in [3.8, 4) is 11.3 Å². The van der Waals surface area contributed by atoms with E-state index in [0.29, 0.717) is 5.56 Å². The highest BCUT2D eigenvalue weighted by atomic mass is 35.5. The SMILES string of the molecule is Cc1onc(-c2c(Cl)cccc2Cl)c1C(=O)NNC(=O)c1ccc([N+](=O)[O-])cc1. The first kappa shape index (κ1) is 20.3. The van der Waals surface area contributed by atoms with Gasteiger partial charge in [0.1, 0.15) is 17.0 Å². The molecule has 0 atom stereocenters. The largest absolute Gasteiger partial charge is 0.360 e. The van der Waals surface area contributed by atoms with Crippen molar-refractivity contribution in [3.63, 3.8) is 0 Å². The van der Waals surface area contributed by atoms with Gasteiger partial charge in [0.05, 0.1) is 15.0 Å². The lowest BCUT2D eigenvalue weighted by Crippen LogP contribution is -2.41. The van der Waals surface area contributed by atoms with E-state index >= 15 is 0 Å². The molecule has 0 unspecified atom stereocenters. The van der Waals surface area contributed by atoms with Gasteiger partial charge in [-0.3, -0.25) is 30.6 Å². The molecule has 0 aliphatic rings. The molecular weight excluding hydrogens is 423 g/mol. The summed E-state index contributed by atoms with van der Waals surface area (Å²) < 4.78 is 5.10. The van der Waals surface area contributed by atoms with Gasteiger partial charge in [0.25, 0.3) is 17.5 Å². The molecule has 2 aromatic carbocycles. The van der Waals surface area contributed by atoms with E-state index in [2.05, 4.69) is 16.0 Å². The first-order valence-corrected chi connectivity index (χ1v) is 8.81. The number of carbonyl (C=O) groups excluding carboxylic acids is 2. The Balaban J connectivity index is 1.79. The second-order valence-corrected chi connectivity index (χ2v) is 6.59. The van der Waals surface area contributed by atoms with Crippen LogP contribution in [-0.4, -0.2) is 21.9 Å². The van der Waals surface area contributed by atoms with Gasteiger partial charge in [0.2, 0.25) is 0 Å². The number of nitrogens with zero attached hydrogens (tertiary/aromatic N) is 2. The molecule has 0 bridgehead atoms. The molecule has 0 aliphatic carbocycles. The van der Waals surface area contributed by atoms with Crippen LogP contribution >= 0.6 is 23.2 Å². The molecule has 0 radical (unpaired) electrons. The van der Waals surface area contributed by atoms with Crippen molar-refractivity contribution < 1.29 is 19.0 Å². The predicted molar refractivity (Wildman–Crippen MR) is 105 cm³/mol. The maximum absolute atomic E-state index is 12.6. The number of nitro groups is 1. The average Bonchev–Trinajstić information content (AvgIpc) is 3.07. The zero-order valence-electron chi connectivity index (χ0n) is 14.7. The Labute approximate surface area is 173 Å². The zero-order chi connectivity index (χ0) is 21.1. The molecule has 0 fully saturated rings. The number of hydrogen-bond acceptors (Lipinski definition) is 6. The van der Waals surface area contributed by atoms with Crippen molar-refractivity contribution >= 4 is 40.7 Å². The van der Waals surface area contributed by atoms with Gasteiger partial charge in [-0.25, -0.2) is 0 Å². The van der Waals surface area contributed by atoms with Crippen LogP contribution in [0, 0.1) is 17.0 Å². The van der Waals surface area contributed by atoms with Gasteiger partial charge in [0, 0.05) is 23.3 Å². The van der Waals surface area contributed by atoms with Gasteiger partial charge in [-0.2, -0.15) is 0 Å². The Bertz CT molecular complexity index is 1090. The number of carbonyl (C=O) groups is 2. The Morgan fingerprint density at radius 2 is 1.62 bits per heavy atom. The van der Waals surface area contributed by atoms with Gasteiger partial charge in [0.15, 0.2) is 0 Å². The van der Waals surface area contributed by atoms with Crippen LogP contribution in [0.25, 0.3) is 11.3 Å². The van der Waals surface area contributed by atoms with Crippen LogP contribution in [0.5, 0.6) is 0 Å². The third-order valence-electron chi connectivity index (χ3n) is 3.92. The zero-order valence-corrected chi connectivity index (χ0v) is 16.2. The first-order valence-electron chi connectivity index (χ1n) is 8.05. The van der Waals surface area contributed by atoms with Gasteiger partial charge >= 0.3 is 0 Å². The van der Waals surface area contributed by atoms with Crippen LogP contribution in [0.15, 0.2) is 47.0 Å². The maximum Gasteiger partial charge on any atom is 0.275 e. The fourth-order valence-corrected chi connectivity index (χ4v) is 3.09. The molecule has 9 nitrogen and oxygen atoms in total. The highest BCUT2D eigenvalue weighted by Gasteiger charge is 2.25. The van der Waals surface area contributed by atoms with Crippen LogP contribution in [-0.2, 0) is 0 Å². The lowest BCUT2D eigenvalue weighted by atomic mass is 10.1. The summed E-state index contributed by atoms with van der Waals surface area (Å²) in [6, 6.07) is 9.70. The van der Waals surface area contributed by atoms with Crippen LogP contribution in [0.4, 0.5) is 5.69 Å². The quantitative estimate of drug-likeness (QED) is 0.472. The van der Waals surface area contributed by atoms with Crippen molar-refractivity contribution in [2.45, 2.75) is 6.92 Å². The molecule has 1 aromatic heterocycles. The highest BCUT2D eigenvalue weighted by molar-refractivity contribution is 6.39. The lowest BCUT2D eigenvalue weighted by molar-refractivity contribution is -0.384. The van der Waals surface area contributed by atoms with E-state index in [4.69, 9.17) is 27.7 Å². The third-order valence-corrected chi connectivity index (χ3v) is 4.55. The molecule has 1 heterocycles. The van der Waals surface area contributed by atoms with Crippen molar-refractivity contribution in [2.75, 3.05) is 0 Å². The van der Waals surface area contributed by atoms with Crippen molar-refractivity contribution in [1.82, 2.24) is 16.0 Å². The molecule has 2 amide bonds. The summed E-state index contributed by atoms with van der Waals surface area (Å²) in [6.07, 6.45) is 0. The summed E-state index contributed by atoms with van der Waals surface area (Å²) in [5, 5.41) is 15.1. The summed E-state index contributed by atoms with van der Waals surface area (Å²) in [7, 11) is 0. The number of non-ortho nitro benzene ring substituents is 1. The van der Waals surface area contributed by atoms with E-state index in [1.54, 1.807) is 18.2 Å². The fourth-order valence-electron chi connectivity index (χ4n) is 2.52. The number of benzene rings is 2. The summed E-state index contributed by atoms with van der Waals surface area (Å²) in [6.45, 7) is 1.52. The minimum Gasteiger partial charge on any atom is -0.360 e. The molecule has 3 rings (SSSR count). The van der Waals surface area contributed by atoms with Crippen LogP contribution in [0.1, 0.15) is 26.5 Å². The van der Waals surface area contributed by atoms with Gasteiger partial charge < -0.3 is 4.52 Å². The number of hydrazine groups is 1. The van der Waals surface area contributed by atoms with E-state index < -0.39 is 16.7 Å². The van der Waals surface area contributed by atoms with Gasteiger partial charge in [-0.05, 0) is 31.2 Å². The van der Waals surface area contributed by atoms with E-state index in [9.17, 15) is 19.7 Å². The minimum absolute atomic E-state index is 0.0454. The average molecular weight is 435 g/mol. The fraction of sp³-hybridized carbons (Fsp3) is 0.0556. The molecule has 0 spiro atoms. The van der Waals surface area contributed by atoms with Gasteiger partial charge in [-0.1, -0.05) is 34.4 Å². The number of amides is 2. The van der Waals surface area contributed by atoms with E-state index in [-0.39, 0.29) is 38.3 Å². The second kappa shape index (κ2) is 8.29. The van der Waals surface area contributed by atoms with E-state index in [0.717, 1.165) is 0 Å². The highest BCUT2D eigenvalue weighted by Crippen LogP contribution is 2.36. The summed E-state index contributed by atoms with van der Waals surface area (Å²) in [5.74, 6) is -1.18. The Morgan fingerprint density at radius 3 is 2.21 bits per heavy atom. The Morgan fingerprint density at radius 1 is 1.03 bits per heavy atom. The third kappa shape index (κ3) is 4.20. The van der Waals surface area contributed by atoms with Crippen molar-refractivity contribution in [1.29, 1.82) is 0 Å². The standard InChI is InChI=1S/C18H12Cl2N4O5/c1-9-14(16(23-29-9)15-12(19)3-2-4-13(15)20)18(26)22-21-17(25)10-5-7-11(8-6-10)24(27)28/h2-8H,1H3,(H,21,25)(H,22,26). The number of halogens is 2. The van der Waals surface area contributed by atoms with Crippen LogP contribution in [0.2, 0.25) is 10.0 Å². The molecule has 0 saturated carbocycles. The number of aryl methyl sites for hydroxylation is 1. The number of nitro benzene ring substituents is 1. The van der Waals surface area contributed by atoms with E-state index in [1.807, 2.05) is 0 Å². The smallest absolute Gasteiger partial charge is 0.275 e.